The van der Waals surface area contributed by atoms with Crippen LogP contribution in [0.1, 0.15) is 11.1 Å². The van der Waals surface area contributed by atoms with Crippen LogP contribution in [-0.2, 0) is 9.59 Å². The smallest absolute Gasteiger partial charge is 0.244 e. The Labute approximate surface area is 145 Å². The molecule has 0 fully saturated rings. The van der Waals surface area contributed by atoms with E-state index in [1.807, 2.05) is 66.9 Å². The van der Waals surface area contributed by atoms with Gasteiger partial charge in [0.2, 0.25) is 11.8 Å². The highest BCUT2D eigenvalue weighted by atomic mass is 32.2. The molecule has 2 aromatic rings. The fraction of sp³-hybridized carbons (Fsp3) is 0.158. The van der Waals surface area contributed by atoms with Crippen molar-refractivity contribution in [2.24, 2.45) is 0 Å². The number of amides is 2. The first-order chi connectivity index (χ1) is 11.6. The summed E-state index contributed by atoms with van der Waals surface area (Å²) in [5.41, 5.74) is 3.52. The summed E-state index contributed by atoms with van der Waals surface area (Å²) in [6, 6.07) is 17.3. The van der Waals surface area contributed by atoms with Gasteiger partial charge >= 0.3 is 0 Å². The fourth-order valence-electron chi connectivity index (χ4n) is 2.54. The number of rotatable bonds is 4. The molecule has 2 aromatic carbocycles. The molecule has 1 aliphatic rings. The maximum absolute atomic E-state index is 12.4. The molecular weight excluding hydrogens is 320 g/mol. The molecule has 0 unspecified atom stereocenters. The number of nitrogens with zero attached hydrogens (tertiary/aromatic N) is 1. The number of aryl methyl sites for hydroxylation is 1. The van der Waals surface area contributed by atoms with Crippen LogP contribution in [0.5, 0.6) is 0 Å². The maximum atomic E-state index is 12.4. The van der Waals surface area contributed by atoms with Crippen molar-refractivity contribution in [1.82, 2.24) is 4.90 Å². The number of hydrogen-bond donors (Lipinski definition) is 1. The Hall–Kier alpha value is -2.53. The van der Waals surface area contributed by atoms with Crippen molar-refractivity contribution < 1.29 is 9.59 Å². The number of carbonyl (C=O) groups is 2. The molecule has 0 saturated carbocycles. The van der Waals surface area contributed by atoms with E-state index in [1.54, 1.807) is 4.90 Å². The summed E-state index contributed by atoms with van der Waals surface area (Å²) in [5.74, 6) is 0.0945. The van der Waals surface area contributed by atoms with E-state index in [4.69, 9.17) is 0 Å². The number of hydrogen-bond acceptors (Lipinski definition) is 3. The van der Waals surface area contributed by atoms with Crippen LogP contribution < -0.4 is 5.32 Å². The number of thioether (sulfide) groups is 1. The molecule has 0 spiro atoms. The third kappa shape index (κ3) is 3.86. The lowest BCUT2D eigenvalue weighted by molar-refractivity contribution is -0.129. The molecule has 0 radical (unpaired) electrons. The Morgan fingerprint density at radius 2 is 1.96 bits per heavy atom. The highest BCUT2D eigenvalue weighted by Gasteiger charge is 2.25. The molecule has 1 heterocycles. The molecule has 0 bridgehead atoms. The van der Waals surface area contributed by atoms with Crippen molar-refractivity contribution in [2.45, 2.75) is 6.92 Å². The molecule has 24 heavy (non-hydrogen) atoms. The first-order valence-electron chi connectivity index (χ1n) is 7.67. The van der Waals surface area contributed by atoms with E-state index in [-0.39, 0.29) is 18.4 Å². The van der Waals surface area contributed by atoms with E-state index in [9.17, 15) is 9.59 Å². The molecule has 1 aliphatic heterocycles. The first-order valence-corrected chi connectivity index (χ1v) is 8.72. The van der Waals surface area contributed by atoms with E-state index < -0.39 is 0 Å². The molecule has 0 saturated heterocycles. The monoisotopic (exact) mass is 338 g/mol. The molecular formula is C19H18N2O2S. The van der Waals surface area contributed by atoms with Crippen LogP contribution in [-0.4, -0.2) is 29.0 Å². The zero-order valence-corrected chi connectivity index (χ0v) is 14.2. The highest BCUT2D eigenvalue weighted by Crippen LogP contribution is 2.28. The molecule has 4 nitrogen and oxygen atoms in total. The zero-order chi connectivity index (χ0) is 16.9. The van der Waals surface area contributed by atoms with Crippen molar-refractivity contribution in [1.29, 1.82) is 0 Å². The normalized spacial score (nSPS) is 14.3. The minimum absolute atomic E-state index is 0.00800. The SMILES string of the molecule is Cc1cccc(NC(=O)CN2C(=O)CSC=C2c2ccccc2)c1. The van der Waals surface area contributed by atoms with Crippen LogP contribution in [0.15, 0.2) is 60.0 Å². The molecule has 2 amide bonds. The van der Waals surface area contributed by atoms with Crippen molar-refractivity contribution in [3.05, 3.63) is 71.1 Å². The Balaban J connectivity index is 1.76. The van der Waals surface area contributed by atoms with Gasteiger partial charge in [-0.3, -0.25) is 9.59 Å². The standard InChI is InChI=1S/C19H18N2O2S/c1-14-6-5-9-16(10-14)20-18(22)11-21-17(12-24-13-19(21)23)15-7-3-2-4-8-15/h2-10,12H,11,13H2,1H3,(H,20,22). The Kier molecular flexibility index (Phi) is 5.01. The van der Waals surface area contributed by atoms with Gasteiger partial charge in [0.05, 0.1) is 11.4 Å². The van der Waals surface area contributed by atoms with Gasteiger partial charge in [-0.1, -0.05) is 42.5 Å². The fourth-order valence-corrected chi connectivity index (χ4v) is 3.34. The average molecular weight is 338 g/mol. The third-order valence-electron chi connectivity index (χ3n) is 3.67. The summed E-state index contributed by atoms with van der Waals surface area (Å²) in [6.07, 6.45) is 0. The summed E-state index contributed by atoms with van der Waals surface area (Å²) in [5, 5.41) is 4.80. The second kappa shape index (κ2) is 7.36. The second-order valence-electron chi connectivity index (χ2n) is 5.58. The third-order valence-corrected chi connectivity index (χ3v) is 4.47. The van der Waals surface area contributed by atoms with Crippen molar-refractivity contribution in [2.75, 3.05) is 17.6 Å². The summed E-state index contributed by atoms with van der Waals surface area (Å²) in [7, 11) is 0. The van der Waals surface area contributed by atoms with Crippen LogP contribution >= 0.6 is 11.8 Å². The first kappa shape index (κ1) is 16.3. The van der Waals surface area contributed by atoms with E-state index in [0.29, 0.717) is 5.75 Å². The Morgan fingerprint density at radius 3 is 2.71 bits per heavy atom. The lowest BCUT2D eigenvalue weighted by Gasteiger charge is -2.28. The molecule has 1 N–H and O–H groups in total. The van der Waals surface area contributed by atoms with Crippen molar-refractivity contribution in [3.8, 4) is 0 Å². The topological polar surface area (TPSA) is 49.4 Å². The minimum atomic E-state index is -0.206. The molecule has 0 aromatic heterocycles. The van der Waals surface area contributed by atoms with E-state index in [2.05, 4.69) is 5.32 Å². The van der Waals surface area contributed by atoms with Crippen molar-refractivity contribution >= 4 is 35.0 Å². The molecule has 5 heteroatoms. The number of carbonyl (C=O) groups excluding carboxylic acids is 2. The second-order valence-corrected chi connectivity index (χ2v) is 6.44. The van der Waals surface area contributed by atoms with E-state index in [1.165, 1.54) is 11.8 Å². The summed E-state index contributed by atoms with van der Waals surface area (Å²) in [4.78, 5) is 26.2. The number of anilines is 1. The van der Waals surface area contributed by atoms with Crippen LogP contribution in [0.25, 0.3) is 5.70 Å². The quantitative estimate of drug-likeness (QED) is 0.928. The zero-order valence-electron chi connectivity index (χ0n) is 13.4. The van der Waals surface area contributed by atoms with Gasteiger partial charge < -0.3 is 10.2 Å². The average Bonchev–Trinajstić information content (AvgIpc) is 2.57. The van der Waals surface area contributed by atoms with Gasteiger partial charge in [-0.15, -0.1) is 11.8 Å². The van der Waals surface area contributed by atoms with E-state index in [0.717, 1.165) is 22.5 Å². The van der Waals surface area contributed by atoms with Gasteiger partial charge in [0.25, 0.3) is 0 Å². The maximum Gasteiger partial charge on any atom is 0.244 e. The van der Waals surface area contributed by atoms with Gasteiger partial charge in [-0.05, 0) is 35.6 Å². The molecule has 122 valence electrons. The van der Waals surface area contributed by atoms with Gasteiger partial charge in [0.1, 0.15) is 6.54 Å². The van der Waals surface area contributed by atoms with Crippen LogP contribution in [0.3, 0.4) is 0 Å². The lowest BCUT2D eigenvalue weighted by Crippen LogP contribution is -2.39. The number of nitrogens with one attached hydrogen (secondary N) is 1. The van der Waals surface area contributed by atoms with Gasteiger partial charge in [0.15, 0.2) is 0 Å². The Bertz CT molecular complexity index is 787. The summed E-state index contributed by atoms with van der Waals surface area (Å²) < 4.78 is 0. The van der Waals surface area contributed by atoms with E-state index >= 15 is 0 Å². The van der Waals surface area contributed by atoms with Gasteiger partial charge in [-0.2, -0.15) is 0 Å². The van der Waals surface area contributed by atoms with Crippen LogP contribution in [0.2, 0.25) is 0 Å². The van der Waals surface area contributed by atoms with Crippen LogP contribution in [0, 0.1) is 6.92 Å². The summed E-state index contributed by atoms with van der Waals surface area (Å²) in [6.45, 7) is 1.98. The molecule has 0 aliphatic carbocycles. The van der Waals surface area contributed by atoms with Gasteiger partial charge in [0, 0.05) is 5.69 Å². The highest BCUT2D eigenvalue weighted by molar-refractivity contribution is 8.03. The van der Waals surface area contributed by atoms with Crippen LogP contribution in [0.4, 0.5) is 5.69 Å². The minimum Gasteiger partial charge on any atom is -0.325 e. The lowest BCUT2D eigenvalue weighted by atomic mass is 10.1. The molecule has 0 atom stereocenters. The summed E-state index contributed by atoms with van der Waals surface area (Å²) >= 11 is 1.46. The van der Waals surface area contributed by atoms with Crippen molar-refractivity contribution in [3.63, 3.8) is 0 Å². The molecule has 3 rings (SSSR count). The predicted octanol–water partition coefficient (Wildman–Crippen LogP) is 3.51. The van der Waals surface area contributed by atoms with Gasteiger partial charge in [-0.25, -0.2) is 0 Å². The Morgan fingerprint density at radius 1 is 1.17 bits per heavy atom. The number of benzene rings is 2. The predicted molar refractivity (Wildman–Crippen MR) is 98.4 cm³/mol. The largest absolute Gasteiger partial charge is 0.325 e.